The molecule has 2 amide bonds. The summed E-state index contributed by atoms with van der Waals surface area (Å²) in [6, 6.07) is -0.897. The number of carbonyl (C=O) groups excluding carboxylic acids is 2. The summed E-state index contributed by atoms with van der Waals surface area (Å²) in [5.41, 5.74) is 10.4. The van der Waals surface area contributed by atoms with Gasteiger partial charge >= 0.3 is 0 Å². The molecule has 6 N–H and O–H groups in total. The van der Waals surface area contributed by atoms with Crippen molar-refractivity contribution >= 4 is 17.8 Å². The first kappa shape index (κ1) is 15.3. The second-order valence-corrected chi connectivity index (χ2v) is 5.20. The molecule has 1 rings (SSSR count). The van der Waals surface area contributed by atoms with Crippen LogP contribution in [-0.2, 0) is 9.59 Å². The predicted octanol–water partition coefficient (Wildman–Crippen LogP) is -0.931. The summed E-state index contributed by atoms with van der Waals surface area (Å²) in [5, 5.41) is 5.51. The Morgan fingerprint density at radius 2 is 1.79 bits per heavy atom. The van der Waals surface area contributed by atoms with Gasteiger partial charge in [0.15, 0.2) is 5.96 Å². The Morgan fingerprint density at radius 1 is 1.21 bits per heavy atom. The normalized spacial score (nSPS) is 22.9. The fourth-order valence-corrected chi connectivity index (χ4v) is 2.02. The number of amides is 2. The zero-order chi connectivity index (χ0) is 14.4. The zero-order valence-electron chi connectivity index (χ0n) is 11.5. The maximum absolute atomic E-state index is 11.8. The molecule has 0 unspecified atom stereocenters. The Kier molecular flexibility index (Phi) is 5.59. The smallest absolute Gasteiger partial charge is 0.243 e. The van der Waals surface area contributed by atoms with Crippen LogP contribution >= 0.6 is 0 Å². The molecular formula is C12H23N5O2. The van der Waals surface area contributed by atoms with Crippen molar-refractivity contribution < 1.29 is 9.59 Å². The number of piperazine rings is 1. The van der Waals surface area contributed by atoms with Crippen molar-refractivity contribution in [3.8, 4) is 0 Å². The lowest BCUT2D eigenvalue weighted by Gasteiger charge is -2.30. The van der Waals surface area contributed by atoms with Crippen LogP contribution in [0, 0.1) is 5.92 Å². The van der Waals surface area contributed by atoms with Gasteiger partial charge in [0.25, 0.3) is 0 Å². The van der Waals surface area contributed by atoms with Crippen molar-refractivity contribution in [1.29, 1.82) is 0 Å². The topological polar surface area (TPSA) is 123 Å². The lowest BCUT2D eigenvalue weighted by molar-refractivity contribution is -0.137. The monoisotopic (exact) mass is 269 g/mol. The molecule has 1 aliphatic rings. The first-order valence-corrected chi connectivity index (χ1v) is 6.56. The molecule has 1 aliphatic heterocycles. The third-order valence-corrected chi connectivity index (χ3v) is 2.92. The van der Waals surface area contributed by atoms with Gasteiger partial charge in [0.05, 0.1) is 0 Å². The molecule has 0 aliphatic carbocycles. The van der Waals surface area contributed by atoms with Crippen molar-refractivity contribution in [2.75, 3.05) is 6.54 Å². The highest BCUT2D eigenvalue weighted by Gasteiger charge is 2.33. The molecule has 0 radical (unpaired) electrons. The SMILES string of the molecule is CC(C)C[C@@H]1NC(=O)[C@H](CCCN=C(N)N)NC1=O. The summed E-state index contributed by atoms with van der Waals surface area (Å²) < 4.78 is 0. The van der Waals surface area contributed by atoms with Gasteiger partial charge in [-0.15, -0.1) is 0 Å². The third kappa shape index (κ3) is 5.15. The summed E-state index contributed by atoms with van der Waals surface area (Å²) >= 11 is 0. The molecule has 7 heteroatoms. The summed E-state index contributed by atoms with van der Waals surface area (Å²) in [4.78, 5) is 27.5. The second kappa shape index (κ2) is 6.96. The van der Waals surface area contributed by atoms with Crippen molar-refractivity contribution in [3.63, 3.8) is 0 Å². The molecule has 1 saturated heterocycles. The summed E-state index contributed by atoms with van der Waals surface area (Å²) in [5.74, 6) is 0.152. The van der Waals surface area contributed by atoms with Crippen LogP contribution in [0.4, 0.5) is 0 Å². The molecule has 1 fully saturated rings. The largest absolute Gasteiger partial charge is 0.370 e. The van der Waals surface area contributed by atoms with E-state index in [2.05, 4.69) is 15.6 Å². The molecule has 0 aromatic heterocycles. The van der Waals surface area contributed by atoms with Gasteiger partial charge in [-0.3, -0.25) is 14.6 Å². The van der Waals surface area contributed by atoms with E-state index in [-0.39, 0.29) is 17.8 Å². The van der Waals surface area contributed by atoms with Crippen LogP contribution in [0.5, 0.6) is 0 Å². The number of nitrogens with one attached hydrogen (secondary N) is 2. The van der Waals surface area contributed by atoms with E-state index in [9.17, 15) is 9.59 Å². The van der Waals surface area contributed by atoms with Gasteiger partial charge in [-0.25, -0.2) is 0 Å². The number of guanidine groups is 1. The fourth-order valence-electron chi connectivity index (χ4n) is 2.02. The number of aliphatic imine (C=N–C) groups is 1. The molecule has 2 atom stereocenters. The van der Waals surface area contributed by atoms with Crippen LogP contribution in [-0.4, -0.2) is 36.4 Å². The van der Waals surface area contributed by atoms with Crippen LogP contribution in [0.1, 0.15) is 33.1 Å². The Labute approximate surface area is 113 Å². The van der Waals surface area contributed by atoms with Crippen LogP contribution in [0.25, 0.3) is 0 Å². The molecule has 0 saturated carbocycles. The van der Waals surface area contributed by atoms with Gasteiger partial charge < -0.3 is 22.1 Å². The van der Waals surface area contributed by atoms with Crippen LogP contribution in [0.15, 0.2) is 4.99 Å². The summed E-state index contributed by atoms with van der Waals surface area (Å²) in [7, 11) is 0. The van der Waals surface area contributed by atoms with Crippen molar-refractivity contribution in [3.05, 3.63) is 0 Å². The van der Waals surface area contributed by atoms with Gasteiger partial charge in [-0.05, 0) is 25.2 Å². The zero-order valence-corrected chi connectivity index (χ0v) is 11.5. The van der Waals surface area contributed by atoms with Gasteiger partial charge in [0.2, 0.25) is 11.8 Å². The minimum Gasteiger partial charge on any atom is -0.370 e. The highest BCUT2D eigenvalue weighted by molar-refractivity contribution is 5.96. The Hall–Kier alpha value is -1.79. The van der Waals surface area contributed by atoms with Crippen LogP contribution < -0.4 is 22.1 Å². The number of hydrogen-bond donors (Lipinski definition) is 4. The first-order chi connectivity index (χ1) is 8.90. The summed E-state index contributed by atoms with van der Waals surface area (Å²) in [6.45, 7) is 4.49. The highest BCUT2D eigenvalue weighted by atomic mass is 16.2. The van der Waals surface area contributed by atoms with Crippen LogP contribution in [0.3, 0.4) is 0 Å². The minimum absolute atomic E-state index is 0.0362. The van der Waals surface area contributed by atoms with Gasteiger partial charge in [-0.2, -0.15) is 0 Å². The average Bonchev–Trinajstić information content (AvgIpc) is 2.29. The maximum atomic E-state index is 11.8. The molecule has 0 bridgehead atoms. The van der Waals surface area contributed by atoms with E-state index in [0.717, 1.165) is 0 Å². The highest BCUT2D eigenvalue weighted by Crippen LogP contribution is 2.10. The number of nitrogens with two attached hydrogens (primary N) is 2. The quantitative estimate of drug-likeness (QED) is 0.282. The first-order valence-electron chi connectivity index (χ1n) is 6.56. The Morgan fingerprint density at radius 3 is 2.37 bits per heavy atom. The molecule has 7 nitrogen and oxygen atoms in total. The number of hydrogen-bond acceptors (Lipinski definition) is 3. The molecule has 1 heterocycles. The Bertz CT molecular complexity index is 363. The number of carbonyl (C=O) groups is 2. The average molecular weight is 269 g/mol. The van der Waals surface area contributed by atoms with E-state index in [1.54, 1.807) is 0 Å². The van der Waals surface area contributed by atoms with E-state index >= 15 is 0 Å². The van der Waals surface area contributed by atoms with Gasteiger partial charge in [0.1, 0.15) is 12.1 Å². The minimum atomic E-state index is -0.481. The summed E-state index contributed by atoms with van der Waals surface area (Å²) in [6.07, 6.45) is 1.83. The molecule has 0 spiro atoms. The number of rotatable bonds is 6. The van der Waals surface area contributed by atoms with Crippen molar-refractivity contribution in [2.45, 2.75) is 45.2 Å². The predicted molar refractivity (Wildman–Crippen MR) is 73.2 cm³/mol. The van der Waals surface area contributed by atoms with Gasteiger partial charge in [-0.1, -0.05) is 13.8 Å². The van der Waals surface area contributed by atoms with E-state index < -0.39 is 12.1 Å². The third-order valence-electron chi connectivity index (χ3n) is 2.92. The maximum Gasteiger partial charge on any atom is 0.243 e. The molecule has 0 aromatic rings. The second-order valence-electron chi connectivity index (χ2n) is 5.20. The fraction of sp³-hybridized carbons (Fsp3) is 0.750. The molecule has 0 aromatic carbocycles. The molecular weight excluding hydrogens is 246 g/mol. The lowest BCUT2D eigenvalue weighted by atomic mass is 9.99. The Balaban J connectivity index is 2.41. The van der Waals surface area contributed by atoms with Gasteiger partial charge in [0, 0.05) is 6.54 Å². The van der Waals surface area contributed by atoms with Crippen LogP contribution in [0.2, 0.25) is 0 Å². The van der Waals surface area contributed by atoms with E-state index in [0.29, 0.717) is 31.7 Å². The van der Waals surface area contributed by atoms with Crippen molar-refractivity contribution in [2.24, 2.45) is 22.4 Å². The van der Waals surface area contributed by atoms with Crippen molar-refractivity contribution in [1.82, 2.24) is 10.6 Å². The molecule has 19 heavy (non-hydrogen) atoms. The molecule has 108 valence electrons. The standard InChI is InChI=1S/C12H23N5O2/c1-7(2)6-9-11(19)16-8(10(18)17-9)4-3-5-15-12(13)14/h7-9H,3-6H2,1-2H3,(H,16,19)(H,17,18)(H4,13,14,15)/t8-,9-/m0/s1. The van der Waals surface area contributed by atoms with E-state index in [1.807, 2.05) is 13.8 Å². The lowest BCUT2D eigenvalue weighted by Crippen LogP contribution is -2.61. The number of nitrogens with zero attached hydrogens (tertiary/aromatic N) is 1. The van der Waals surface area contributed by atoms with E-state index in [1.165, 1.54) is 0 Å². The van der Waals surface area contributed by atoms with E-state index in [4.69, 9.17) is 11.5 Å².